The van der Waals surface area contributed by atoms with E-state index in [9.17, 15) is 4.79 Å². The first-order valence-electron chi connectivity index (χ1n) is 8.84. The summed E-state index contributed by atoms with van der Waals surface area (Å²) in [5, 5.41) is 6.09. The van der Waals surface area contributed by atoms with Crippen LogP contribution in [0, 0.1) is 0 Å². The molecule has 0 aliphatic rings. The third-order valence-electron chi connectivity index (χ3n) is 3.87. The lowest BCUT2D eigenvalue weighted by molar-refractivity contribution is -0.119. The first kappa shape index (κ1) is 19.6. The van der Waals surface area contributed by atoms with E-state index in [2.05, 4.69) is 25.6 Å². The fraction of sp³-hybridized carbons (Fsp3) is 0.200. The number of nitrogen functional groups attached to an aromatic ring is 1. The van der Waals surface area contributed by atoms with E-state index in [1.807, 2.05) is 67.6 Å². The van der Waals surface area contributed by atoms with Gasteiger partial charge in [-0.3, -0.25) is 4.79 Å². The van der Waals surface area contributed by atoms with Gasteiger partial charge in [0.2, 0.25) is 17.8 Å². The van der Waals surface area contributed by atoms with Gasteiger partial charge in [0.05, 0.1) is 17.5 Å². The summed E-state index contributed by atoms with van der Waals surface area (Å²) < 4.78 is 0. The number of aromatic nitrogens is 3. The van der Waals surface area contributed by atoms with Crippen molar-refractivity contribution in [2.45, 2.75) is 18.7 Å². The fourth-order valence-corrected chi connectivity index (χ4v) is 3.23. The number of nitrogens with two attached hydrogens (primary N) is 1. The number of carbonyl (C=O) groups excluding carboxylic acids is 1. The van der Waals surface area contributed by atoms with E-state index in [-0.39, 0.29) is 17.9 Å². The highest BCUT2D eigenvalue weighted by Crippen LogP contribution is 2.16. The molecule has 1 heterocycles. The van der Waals surface area contributed by atoms with Crippen molar-refractivity contribution in [1.29, 1.82) is 0 Å². The van der Waals surface area contributed by atoms with Crippen LogP contribution in [-0.4, -0.2) is 26.6 Å². The van der Waals surface area contributed by atoms with Crippen molar-refractivity contribution in [3.05, 3.63) is 72.1 Å². The fourth-order valence-electron chi connectivity index (χ4n) is 2.55. The lowest BCUT2D eigenvalue weighted by atomic mass is 10.1. The van der Waals surface area contributed by atoms with Gasteiger partial charge in [0.25, 0.3) is 0 Å². The Morgan fingerprint density at radius 1 is 1.04 bits per heavy atom. The van der Waals surface area contributed by atoms with Crippen molar-refractivity contribution in [2.75, 3.05) is 16.8 Å². The zero-order chi connectivity index (χ0) is 19.8. The van der Waals surface area contributed by atoms with Gasteiger partial charge in [0, 0.05) is 5.69 Å². The number of carbonyl (C=O) groups is 1. The third kappa shape index (κ3) is 5.95. The number of nitrogens with zero attached hydrogens (tertiary/aromatic N) is 3. The zero-order valence-corrected chi connectivity index (χ0v) is 16.3. The van der Waals surface area contributed by atoms with E-state index in [1.54, 1.807) is 0 Å². The third-order valence-corrected chi connectivity index (χ3v) is 4.80. The second-order valence-electron chi connectivity index (χ2n) is 6.12. The van der Waals surface area contributed by atoms with Crippen molar-refractivity contribution in [3.8, 4) is 0 Å². The number of hydrogen-bond donors (Lipinski definition) is 3. The number of para-hydroxylation sites is 1. The lowest BCUT2D eigenvalue weighted by Crippen LogP contribution is -2.28. The van der Waals surface area contributed by atoms with Crippen molar-refractivity contribution >= 4 is 35.3 Å². The normalized spacial score (nSPS) is 11.6. The van der Waals surface area contributed by atoms with Gasteiger partial charge in [-0.25, -0.2) is 0 Å². The van der Waals surface area contributed by atoms with Gasteiger partial charge in [-0.1, -0.05) is 48.5 Å². The van der Waals surface area contributed by atoms with E-state index >= 15 is 0 Å². The number of amides is 1. The number of thioether (sulfide) groups is 1. The maximum absolute atomic E-state index is 12.2. The molecule has 4 N–H and O–H groups in total. The molecule has 0 unspecified atom stereocenters. The highest BCUT2D eigenvalue weighted by Gasteiger charge is 2.10. The molecule has 1 atom stereocenters. The van der Waals surface area contributed by atoms with E-state index in [1.165, 1.54) is 11.8 Å². The molecule has 0 saturated carbocycles. The molecule has 0 bridgehead atoms. The number of rotatable bonds is 8. The molecular weight excluding hydrogens is 372 g/mol. The molecule has 0 fully saturated rings. The average molecular weight is 395 g/mol. The molecular formula is C20H22N6OS. The molecule has 3 rings (SSSR count). The number of hydrogen-bond acceptors (Lipinski definition) is 7. The zero-order valence-electron chi connectivity index (χ0n) is 15.5. The summed E-state index contributed by atoms with van der Waals surface area (Å²) in [7, 11) is 0. The number of benzene rings is 2. The van der Waals surface area contributed by atoms with Gasteiger partial charge in [0.1, 0.15) is 5.82 Å². The second kappa shape index (κ2) is 9.70. The summed E-state index contributed by atoms with van der Waals surface area (Å²) in [5.41, 5.74) is 7.72. The summed E-state index contributed by atoms with van der Waals surface area (Å²) in [6.07, 6.45) is 0. The molecule has 144 valence electrons. The Morgan fingerprint density at radius 3 is 2.43 bits per heavy atom. The van der Waals surface area contributed by atoms with Crippen LogP contribution in [0.4, 0.5) is 17.6 Å². The largest absolute Gasteiger partial charge is 0.368 e. The first-order chi connectivity index (χ1) is 13.6. The summed E-state index contributed by atoms with van der Waals surface area (Å²) >= 11 is 1.43. The summed E-state index contributed by atoms with van der Waals surface area (Å²) in [6.45, 7) is 1.96. The Balaban J connectivity index is 1.51. The van der Waals surface area contributed by atoms with Crippen molar-refractivity contribution in [2.24, 2.45) is 0 Å². The average Bonchev–Trinajstić information content (AvgIpc) is 2.69. The quantitative estimate of drug-likeness (QED) is 0.538. The van der Waals surface area contributed by atoms with E-state index in [0.29, 0.717) is 23.3 Å². The van der Waals surface area contributed by atoms with E-state index < -0.39 is 0 Å². The predicted octanol–water partition coefficient (Wildman–Crippen LogP) is 3.31. The highest BCUT2D eigenvalue weighted by atomic mass is 32.2. The standard InChI is InChI=1S/C20H22N6OS/c1-14(15-8-4-2-5-9-15)22-18(27)13-28-12-17-24-19(21)26-20(25-17)23-16-10-6-3-7-11-16/h2-11,14H,12-13H2,1H3,(H,22,27)(H3,21,23,24,25,26)/t14-/m1/s1. The van der Waals surface area contributed by atoms with Crippen LogP contribution in [0.15, 0.2) is 60.7 Å². The van der Waals surface area contributed by atoms with Gasteiger partial charge in [-0.05, 0) is 24.6 Å². The topological polar surface area (TPSA) is 106 Å². The smallest absolute Gasteiger partial charge is 0.232 e. The van der Waals surface area contributed by atoms with E-state index in [4.69, 9.17) is 5.73 Å². The van der Waals surface area contributed by atoms with Crippen molar-refractivity contribution in [1.82, 2.24) is 20.3 Å². The van der Waals surface area contributed by atoms with Crippen molar-refractivity contribution in [3.63, 3.8) is 0 Å². The van der Waals surface area contributed by atoms with Crippen LogP contribution in [0.5, 0.6) is 0 Å². The van der Waals surface area contributed by atoms with E-state index in [0.717, 1.165) is 11.3 Å². The predicted molar refractivity (Wildman–Crippen MR) is 113 cm³/mol. The number of anilines is 3. The van der Waals surface area contributed by atoms with Crippen LogP contribution < -0.4 is 16.4 Å². The molecule has 28 heavy (non-hydrogen) atoms. The minimum absolute atomic E-state index is 0.0361. The number of nitrogens with one attached hydrogen (secondary N) is 2. The maximum Gasteiger partial charge on any atom is 0.232 e. The Bertz CT molecular complexity index is 907. The lowest BCUT2D eigenvalue weighted by Gasteiger charge is -2.14. The Morgan fingerprint density at radius 2 is 1.71 bits per heavy atom. The summed E-state index contributed by atoms with van der Waals surface area (Å²) in [6, 6.07) is 19.4. The van der Waals surface area contributed by atoms with Crippen LogP contribution in [0.1, 0.15) is 24.4 Å². The van der Waals surface area contributed by atoms with Crippen LogP contribution in [-0.2, 0) is 10.5 Å². The molecule has 0 saturated heterocycles. The van der Waals surface area contributed by atoms with Gasteiger partial charge < -0.3 is 16.4 Å². The Kier molecular flexibility index (Phi) is 6.80. The summed E-state index contributed by atoms with van der Waals surface area (Å²) in [4.78, 5) is 24.8. The Labute approximate surface area is 168 Å². The minimum Gasteiger partial charge on any atom is -0.368 e. The molecule has 7 nitrogen and oxygen atoms in total. The Hall–Kier alpha value is -3.13. The molecule has 0 aliphatic heterocycles. The van der Waals surface area contributed by atoms with Crippen molar-refractivity contribution < 1.29 is 4.79 Å². The molecule has 2 aromatic carbocycles. The maximum atomic E-state index is 12.2. The molecule has 8 heteroatoms. The van der Waals surface area contributed by atoms with Gasteiger partial charge in [-0.15, -0.1) is 11.8 Å². The van der Waals surface area contributed by atoms with Gasteiger partial charge >= 0.3 is 0 Å². The van der Waals surface area contributed by atoms with Gasteiger partial charge in [0.15, 0.2) is 0 Å². The molecule has 1 aromatic heterocycles. The monoisotopic (exact) mass is 394 g/mol. The molecule has 0 spiro atoms. The van der Waals surface area contributed by atoms with Crippen LogP contribution >= 0.6 is 11.8 Å². The molecule has 3 aromatic rings. The van der Waals surface area contributed by atoms with Crippen LogP contribution in [0.2, 0.25) is 0 Å². The van der Waals surface area contributed by atoms with Gasteiger partial charge in [-0.2, -0.15) is 15.0 Å². The molecule has 0 radical (unpaired) electrons. The second-order valence-corrected chi connectivity index (χ2v) is 7.10. The molecule has 1 amide bonds. The summed E-state index contributed by atoms with van der Waals surface area (Å²) in [5.74, 6) is 1.79. The van der Waals surface area contributed by atoms with Crippen LogP contribution in [0.25, 0.3) is 0 Å². The van der Waals surface area contributed by atoms with Crippen LogP contribution in [0.3, 0.4) is 0 Å². The SMILES string of the molecule is C[C@@H](NC(=O)CSCc1nc(N)nc(Nc2ccccc2)n1)c1ccccc1. The highest BCUT2D eigenvalue weighted by molar-refractivity contribution is 7.99. The first-order valence-corrected chi connectivity index (χ1v) is 10.00. The minimum atomic E-state index is -0.0382. The molecule has 0 aliphatic carbocycles.